The fourth-order valence-corrected chi connectivity index (χ4v) is 3.09. The van der Waals surface area contributed by atoms with Crippen LogP contribution >= 0.6 is 0 Å². The number of halogens is 1. The van der Waals surface area contributed by atoms with Crippen LogP contribution in [0.3, 0.4) is 0 Å². The van der Waals surface area contributed by atoms with Gasteiger partial charge >= 0.3 is 0 Å². The second-order valence-electron chi connectivity index (χ2n) is 6.45. The molecule has 1 aromatic heterocycles. The average Bonchev–Trinajstić information content (AvgIpc) is 3.08. The van der Waals surface area contributed by atoms with Gasteiger partial charge in [0, 0.05) is 19.2 Å². The molecule has 0 atom stereocenters. The van der Waals surface area contributed by atoms with Crippen molar-refractivity contribution in [1.29, 1.82) is 0 Å². The smallest absolute Gasteiger partial charge is 0.203 e. The number of nitrogens with one attached hydrogen (secondary N) is 1. The van der Waals surface area contributed by atoms with E-state index in [0.29, 0.717) is 6.54 Å². The molecule has 0 aliphatic rings. The van der Waals surface area contributed by atoms with Crippen LogP contribution in [0.5, 0.6) is 0 Å². The summed E-state index contributed by atoms with van der Waals surface area (Å²) in [5.41, 5.74) is 5.48. The zero-order valence-electron chi connectivity index (χ0n) is 15.1. The molecule has 1 N–H and O–H groups in total. The van der Waals surface area contributed by atoms with Crippen LogP contribution in [0.25, 0.3) is 22.4 Å². The lowest BCUT2D eigenvalue weighted by molar-refractivity contribution is 0.628. The van der Waals surface area contributed by atoms with Crippen molar-refractivity contribution in [1.82, 2.24) is 9.55 Å². The van der Waals surface area contributed by atoms with Gasteiger partial charge in [-0.15, -0.1) is 0 Å². The number of hydrogen-bond donors (Lipinski definition) is 1. The topological polar surface area (TPSA) is 29.9 Å². The molecule has 0 bridgehead atoms. The Hall–Kier alpha value is -3.40. The highest BCUT2D eigenvalue weighted by molar-refractivity contribution is 5.64. The number of anilines is 1. The third kappa shape index (κ3) is 3.75. The highest BCUT2D eigenvalue weighted by atomic mass is 19.1. The van der Waals surface area contributed by atoms with E-state index in [2.05, 4.69) is 46.7 Å². The molecule has 0 spiro atoms. The summed E-state index contributed by atoms with van der Waals surface area (Å²) in [5, 5.41) is 3.37. The van der Waals surface area contributed by atoms with E-state index in [1.165, 1.54) is 28.8 Å². The third-order valence-corrected chi connectivity index (χ3v) is 4.64. The van der Waals surface area contributed by atoms with E-state index in [-0.39, 0.29) is 5.82 Å². The molecule has 0 saturated carbocycles. The lowest BCUT2D eigenvalue weighted by Gasteiger charge is -2.09. The third-order valence-electron chi connectivity index (χ3n) is 4.64. The van der Waals surface area contributed by atoms with Crippen LogP contribution in [-0.4, -0.2) is 9.55 Å². The van der Waals surface area contributed by atoms with E-state index in [4.69, 9.17) is 0 Å². The van der Waals surface area contributed by atoms with Gasteiger partial charge in [0.2, 0.25) is 5.95 Å². The predicted octanol–water partition coefficient (Wildman–Crippen LogP) is 5.51. The molecule has 27 heavy (non-hydrogen) atoms. The number of rotatable bonds is 5. The zero-order valence-corrected chi connectivity index (χ0v) is 15.1. The summed E-state index contributed by atoms with van der Waals surface area (Å²) in [7, 11) is 1.95. The normalized spacial score (nSPS) is 10.7. The van der Waals surface area contributed by atoms with E-state index < -0.39 is 0 Å². The first kappa shape index (κ1) is 17.0. The first-order valence-corrected chi connectivity index (χ1v) is 8.86. The van der Waals surface area contributed by atoms with Crippen LogP contribution in [0.2, 0.25) is 0 Å². The number of imidazole rings is 1. The van der Waals surface area contributed by atoms with Crippen molar-refractivity contribution < 1.29 is 4.39 Å². The van der Waals surface area contributed by atoms with E-state index in [9.17, 15) is 4.39 Å². The molecular weight excluding hydrogens is 337 g/mol. The molecule has 0 aliphatic heterocycles. The summed E-state index contributed by atoms with van der Waals surface area (Å²) in [6, 6.07) is 25.3. The van der Waals surface area contributed by atoms with Gasteiger partial charge in [-0.05, 0) is 41.0 Å². The molecule has 4 aromatic rings. The number of aromatic nitrogens is 2. The van der Waals surface area contributed by atoms with Crippen molar-refractivity contribution >= 4 is 5.95 Å². The van der Waals surface area contributed by atoms with Gasteiger partial charge in [0.1, 0.15) is 5.82 Å². The highest BCUT2D eigenvalue weighted by Crippen LogP contribution is 2.23. The van der Waals surface area contributed by atoms with Crippen molar-refractivity contribution in [3.05, 3.63) is 96.4 Å². The SMILES string of the molecule is Cn1c(-c2ccc(F)cc2)cnc1NCc1ccc(-c2ccccc2)cc1. The van der Waals surface area contributed by atoms with Crippen molar-refractivity contribution in [3.8, 4) is 22.4 Å². The van der Waals surface area contributed by atoms with E-state index in [1.54, 1.807) is 18.3 Å². The summed E-state index contributed by atoms with van der Waals surface area (Å²) < 4.78 is 15.1. The molecule has 3 aromatic carbocycles. The van der Waals surface area contributed by atoms with Crippen LogP contribution in [0, 0.1) is 5.82 Å². The summed E-state index contributed by atoms with van der Waals surface area (Å²) in [5.74, 6) is 0.541. The lowest BCUT2D eigenvalue weighted by atomic mass is 10.0. The number of benzene rings is 3. The summed E-state index contributed by atoms with van der Waals surface area (Å²) in [4.78, 5) is 4.45. The van der Waals surface area contributed by atoms with Crippen molar-refractivity contribution in [2.24, 2.45) is 7.05 Å². The lowest BCUT2D eigenvalue weighted by Crippen LogP contribution is -2.05. The molecule has 1 heterocycles. The van der Waals surface area contributed by atoms with Crippen molar-refractivity contribution in [3.63, 3.8) is 0 Å². The first-order chi connectivity index (χ1) is 13.2. The van der Waals surface area contributed by atoms with Crippen LogP contribution in [0.4, 0.5) is 10.3 Å². The Morgan fingerprint density at radius 1 is 0.815 bits per heavy atom. The van der Waals surface area contributed by atoms with E-state index in [0.717, 1.165) is 17.2 Å². The maximum atomic E-state index is 13.1. The second kappa shape index (κ2) is 7.46. The average molecular weight is 357 g/mol. The Balaban J connectivity index is 1.45. The summed E-state index contributed by atoms with van der Waals surface area (Å²) >= 11 is 0. The zero-order chi connectivity index (χ0) is 18.6. The number of nitrogens with zero attached hydrogens (tertiary/aromatic N) is 2. The van der Waals surface area contributed by atoms with Gasteiger partial charge in [-0.3, -0.25) is 0 Å². The van der Waals surface area contributed by atoms with E-state index in [1.807, 2.05) is 29.8 Å². The Kier molecular flexibility index (Phi) is 4.71. The van der Waals surface area contributed by atoms with Crippen molar-refractivity contribution in [2.75, 3.05) is 5.32 Å². The molecule has 134 valence electrons. The molecule has 0 unspecified atom stereocenters. The van der Waals surface area contributed by atoms with Gasteiger partial charge in [0.05, 0.1) is 11.9 Å². The largest absolute Gasteiger partial charge is 0.352 e. The fourth-order valence-electron chi connectivity index (χ4n) is 3.09. The molecule has 0 aliphatic carbocycles. The van der Waals surface area contributed by atoms with Crippen LogP contribution in [0.1, 0.15) is 5.56 Å². The van der Waals surface area contributed by atoms with Crippen LogP contribution in [-0.2, 0) is 13.6 Å². The van der Waals surface area contributed by atoms with Gasteiger partial charge in [-0.2, -0.15) is 0 Å². The second-order valence-corrected chi connectivity index (χ2v) is 6.45. The van der Waals surface area contributed by atoms with Gasteiger partial charge < -0.3 is 9.88 Å². The molecule has 3 nitrogen and oxygen atoms in total. The van der Waals surface area contributed by atoms with Gasteiger partial charge in [0.15, 0.2) is 0 Å². The monoisotopic (exact) mass is 357 g/mol. The minimum Gasteiger partial charge on any atom is -0.352 e. The quantitative estimate of drug-likeness (QED) is 0.511. The van der Waals surface area contributed by atoms with Gasteiger partial charge in [-0.1, -0.05) is 54.6 Å². The Bertz CT molecular complexity index is 1020. The first-order valence-electron chi connectivity index (χ1n) is 8.86. The van der Waals surface area contributed by atoms with Crippen molar-refractivity contribution in [2.45, 2.75) is 6.54 Å². The highest BCUT2D eigenvalue weighted by Gasteiger charge is 2.08. The van der Waals surface area contributed by atoms with Crippen LogP contribution < -0.4 is 5.32 Å². The Labute approximate surface area is 158 Å². The van der Waals surface area contributed by atoms with Crippen LogP contribution in [0.15, 0.2) is 85.1 Å². The molecule has 0 amide bonds. The molecule has 4 rings (SSSR count). The maximum Gasteiger partial charge on any atom is 0.203 e. The Morgan fingerprint density at radius 3 is 2.15 bits per heavy atom. The molecular formula is C23H20FN3. The summed E-state index contributed by atoms with van der Waals surface area (Å²) in [6.07, 6.45) is 1.80. The fraction of sp³-hybridized carbons (Fsp3) is 0.0870. The number of hydrogen-bond acceptors (Lipinski definition) is 2. The van der Waals surface area contributed by atoms with Gasteiger partial charge in [-0.25, -0.2) is 9.37 Å². The molecule has 4 heteroatoms. The standard InChI is InChI=1S/C23H20FN3/c1-27-22(20-11-13-21(24)14-12-20)16-26-23(27)25-15-17-7-9-19(10-8-17)18-5-3-2-4-6-18/h2-14,16H,15H2,1H3,(H,25,26). The molecule has 0 fully saturated rings. The maximum absolute atomic E-state index is 13.1. The van der Waals surface area contributed by atoms with E-state index >= 15 is 0 Å². The van der Waals surface area contributed by atoms with Gasteiger partial charge in [0.25, 0.3) is 0 Å². The molecule has 0 saturated heterocycles. The predicted molar refractivity (Wildman–Crippen MR) is 108 cm³/mol. The molecule has 0 radical (unpaired) electrons. The minimum atomic E-state index is -0.238. The summed E-state index contributed by atoms with van der Waals surface area (Å²) in [6.45, 7) is 0.683. The minimum absolute atomic E-state index is 0.238. The Morgan fingerprint density at radius 2 is 1.44 bits per heavy atom.